The second-order valence-corrected chi connectivity index (χ2v) is 7.65. The molecule has 1 fully saturated rings. The summed E-state index contributed by atoms with van der Waals surface area (Å²) >= 11 is 6.23. The average molecular weight is 382 g/mol. The van der Waals surface area contributed by atoms with Gasteiger partial charge >= 0.3 is 0 Å². The largest absolute Gasteiger partial charge is 0.342 e. The van der Waals surface area contributed by atoms with Crippen molar-refractivity contribution >= 4 is 23.5 Å². The fourth-order valence-electron chi connectivity index (χ4n) is 3.96. The maximum atomic E-state index is 13.0. The van der Waals surface area contributed by atoms with Crippen LogP contribution in [0.2, 0.25) is 5.02 Å². The topological polar surface area (TPSA) is 35.9 Å². The van der Waals surface area contributed by atoms with Crippen LogP contribution in [0.25, 0.3) is 0 Å². The summed E-state index contributed by atoms with van der Waals surface area (Å²) in [5.41, 5.74) is 1.96. The Morgan fingerprint density at radius 2 is 1.70 bits per heavy atom. The molecule has 0 saturated carbocycles. The number of amides is 1. The molecule has 0 N–H and O–H groups in total. The van der Waals surface area contributed by atoms with E-state index in [1.54, 1.807) is 17.0 Å². The van der Waals surface area contributed by atoms with Crippen molar-refractivity contribution < 1.29 is 4.79 Å². The summed E-state index contributed by atoms with van der Waals surface area (Å²) < 4.78 is 0. The van der Waals surface area contributed by atoms with Gasteiger partial charge in [-0.15, -0.1) is 0 Å². The number of hydrogen-bond acceptors (Lipinski definition) is 3. The van der Waals surface area contributed by atoms with Gasteiger partial charge in [-0.3, -0.25) is 14.7 Å². The van der Waals surface area contributed by atoms with Crippen LogP contribution < -0.4 is 0 Å². The molecule has 140 valence electrons. The van der Waals surface area contributed by atoms with Gasteiger partial charge in [0.05, 0.1) is 17.1 Å². The van der Waals surface area contributed by atoms with E-state index < -0.39 is 0 Å². The van der Waals surface area contributed by atoms with Crippen molar-refractivity contribution in [2.45, 2.75) is 19.3 Å². The highest BCUT2D eigenvalue weighted by atomic mass is 35.5. The van der Waals surface area contributed by atoms with Gasteiger partial charge in [-0.1, -0.05) is 54.1 Å². The van der Waals surface area contributed by atoms with Gasteiger partial charge in [-0.05, 0) is 42.9 Å². The lowest BCUT2D eigenvalue weighted by molar-refractivity contribution is 0.0839. The molecule has 0 atom stereocenters. The molecule has 1 saturated heterocycles. The predicted molar refractivity (Wildman–Crippen MR) is 109 cm³/mol. The maximum Gasteiger partial charge on any atom is 0.262 e. The summed E-state index contributed by atoms with van der Waals surface area (Å²) in [6.45, 7) is 3.18. The summed E-state index contributed by atoms with van der Waals surface area (Å²) in [5.74, 6) is 1.46. The molecule has 27 heavy (non-hydrogen) atoms. The van der Waals surface area contributed by atoms with E-state index in [4.69, 9.17) is 11.6 Å². The van der Waals surface area contributed by atoms with E-state index in [1.807, 2.05) is 12.1 Å². The first kappa shape index (κ1) is 18.1. The summed E-state index contributed by atoms with van der Waals surface area (Å²) in [6, 6.07) is 17.9. The summed E-state index contributed by atoms with van der Waals surface area (Å²) in [6.07, 6.45) is 3.38. The standard InChI is InChI=1S/C22H24ClN3O/c23-20-9-5-4-8-19(20)21(27)26-15-12-24-22(26)25-13-10-18(11-14-25)16-17-6-2-1-3-7-17/h1-9,18H,10-16H2. The molecular formula is C22H24ClN3O. The summed E-state index contributed by atoms with van der Waals surface area (Å²) in [7, 11) is 0. The molecule has 4 rings (SSSR count). The molecule has 2 heterocycles. The van der Waals surface area contributed by atoms with Crippen LogP contribution in [0.5, 0.6) is 0 Å². The van der Waals surface area contributed by atoms with Crippen LogP contribution >= 0.6 is 11.6 Å². The van der Waals surface area contributed by atoms with Gasteiger partial charge in [0, 0.05) is 19.6 Å². The molecule has 2 aromatic rings. The molecule has 0 spiro atoms. The van der Waals surface area contributed by atoms with Crippen molar-refractivity contribution in [3.8, 4) is 0 Å². The van der Waals surface area contributed by atoms with Crippen molar-refractivity contribution in [3.63, 3.8) is 0 Å². The third-order valence-corrected chi connectivity index (χ3v) is 5.76. The number of nitrogens with zero attached hydrogens (tertiary/aromatic N) is 3. The Bertz CT molecular complexity index is 828. The zero-order valence-electron chi connectivity index (χ0n) is 15.4. The molecule has 0 radical (unpaired) electrons. The van der Waals surface area contributed by atoms with Crippen molar-refractivity contribution in [3.05, 3.63) is 70.7 Å². The normalized spacial score (nSPS) is 17.9. The first-order valence-electron chi connectivity index (χ1n) is 9.62. The predicted octanol–water partition coefficient (Wildman–Crippen LogP) is 4.11. The molecule has 4 nitrogen and oxygen atoms in total. The lowest BCUT2D eigenvalue weighted by Gasteiger charge is -2.36. The molecule has 0 aliphatic carbocycles. The van der Waals surface area contributed by atoms with Crippen molar-refractivity contribution in [2.75, 3.05) is 26.2 Å². The number of rotatable bonds is 3. The van der Waals surface area contributed by atoms with Gasteiger partial charge in [0.1, 0.15) is 0 Å². The second-order valence-electron chi connectivity index (χ2n) is 7.24. The number of halogens is 1. The number of carbonyl (C=O) groups is 1. The third kappa shape index (κ3) is 4.01. The van der Waals surface area contributed by atoms with E-state index >= 15 is 0 Å². The van der Waals surface area contributed by atoms with Gasteiger partial charge in [0.25, 0.3) is 5.91 Å². The van der Waals surface area contributed by atoms with E-state index in [0.717, 1.165) is 38.3 Å². The number of hydrogen-bond donors (Lipinski definition) is 0. The Morgan fingerprint density at radius 3 is 2.44 bits per heavy atom. The van der Waals surface area contributed by atoms with Crippen LogP contribution in [0.4, 0.5) is 0 Å². The van der Waals surface area contributed by atoms with Crippen molar-refractivity contribution in [2.24, 2.45) is 10.9 Å². The minimum Gasteiger partial charge on any atom is -0.342 e. The molecule has 0 bridgehead atoms. The van der Waals surface area contributed by atoms with Crippen LogP contribution in [0.3, 0.4) is 0 Å². The number of guanidine groups is 1. The first-order chi connectivity index (χ1) is 13.2. The molecule has 2 aromatic carbocycles. The molecule has 2 aliphatic heterocycles. The zero-order valence-corrected chi connectivity index (χ0v) is 16.1. The highest BCUT2D eigenvalue weighted by Crippen LogP contribution is 2.25. The number of aliphatic imine (C=N–C) groups is 1. The molecular weight excluding hydrogens is 358 g/mol. The SMILES string of the molecule is O=C(c1ccccc1Cl)N1CCN=C1N1CCC(Cc2ccccc2)CC1. The smallest absolute Gasteiger partial charge is 0.262 e. The molecule has 2 aliphatic rings. The Morgan fingerprint density at radius 1 is 1.00 bits per heavy atom. The average Bonchev–Trinajstić information content (AvgIpc) is 3.19. The van der Waals surface area contributed by atoms with E-state index in [9.17, 15) is 4.79 Å². The Kier molecular flexibility index (Phi) is 5.44. The Labute approximate surface area is 165 Å². The fourth-order valence-corrected chi connectivity index (χ4v) is 4.18. The van der Waals surface area contributed by atoms with E-state index in [0.29, 0.717) is 29.6 Å². The Balaban J connectivity index is 1.39. The minimum atomic E-state index is -0.0525. The van der Waals surface area contributed by atoms with Crippen molar-refractivity contribution in [1.82, 2.24) is 9.80 Å². The highest BCUT2D eigenvalue weighted by molar-refractivity contribution is 6.34. The molecule has 0 aromatic heterocycles. The number of likely N-dealkylation sites (tertiary alicyclic amines) is 1. The van der Waals surface area contributed by atoms with Gasteiger partial charge in [0.15, 0.2) is 0 Å². The highest BCUT2D eigenvalue weighted by Gasteiger charge is 2.31. The Hall–Kier alpha value is -2.33. The fraction of sp³-hybridized carbons (Fsp3) is 0.364. The first-order valence-corrected chi connectivity index (χ1v) is 10.00. The zero-order chi connectivity index (χ0) is 18.6. The van der Waals surface area contributed by atoms with Crippen LogP contribution in [0.15, 0.2) is 59.6 Å². The van der Waals surface area contributed by atoms with Gasteiger partial charge in [-0.2, -0.15) is 0 Å². The summed E-state index contributed by atoms with van der Waals surface area (Å²) in [4.78, 5) is 21.6. The van der Waals surface area contributed by atoms with Gasteiger partial charge in [0.2, 0.25) is 5.96 Å². The van der Waals surface area contributed by atoms with Gasteiger partial charge < -0.3 is 4.90 Å². The number of piperidine rings is 1. The monoisotopic (exact) mass is 381 g/mol. The maximum absolute atomic E-state index is 13.0. The molecule has 1 amide bonds. The number of benzene rings is 2. The number of carbonyl (C=O) groups excluding carboxylic acids is 1. The second kappa shape index (κ2) is 8.13. The minimum absolute atomic E-state index is 0.0525. The molecule has 5 heteroatoms. The summed E-state index contributed by atoms with van der Waals surface area (Å²) in [5, 5.41) is 0.496. The molecule has 0 unspecified atom stereocenters. The van der Waals surface area contributed by atoms with Crippen LogP contribution in [-0.2, 0) is 6.42 Å². The van der Waals surface area contributed by atoms with Crippen LogP contribution in [0, 0.1) is 5.92 Å². The van der Waals surface area contributed by atoms with E-state index in [1.165, 1.54) is 5.56 Å². The van der Waals surface area contributed by atoms with Crippen LogP contribution in [0.1, 0.15) is 28.8 Å². The van der Waals surface area contributed by atoms with Crippen LogP contribution in [-0.4, -0.2) is 47.8 Å². The quantitative estimate of drug-likeness (QED) is 0.802. The lowest BCUT2D eigenvalue weighted by Crippen LogP contribution is -2.48. The lowest BCUT2D eigenvalue weighted by atomic mass is 9.90. The van der Waals surface area contributed by atoms with E-state index in [2.05, 4.69) is 40.2 Å². The third-order valence-electron chi connectivity index (χ3n) is 5.43. The van der Waals surface area contributed by atoms with E-state index in [-0.39, 0.29) is 5.91 Å². The van der Waals surface area contributed by atoms with Crippen molar-refractivity contribution in [1.29, 1.82) is 0 Å². The van der Waals surface area contributed by atoms with Gasteiger partial charge in [-0.25, -0.2) is 0 Å².